The van der Waals surface area contributed by atoms with Gasteiger partial charge in [-0.1, -0.05) is 12.1 Å². The highest BCUT2D eigenvalue weighted by Crippen LogP contribution is 2.55. The summed E-state index contributed by atoms with van der Waals surface area (Å²) in [5, 5.41) is 0. The van der Waals surface area contributed by atoms with E-state index in [-0.39, 0.29) is 0 Å². The Labute approximate surface area is 96.8 Å². The van der Waals surface area contributed by atoms with Gasteiger partial charge in [-0.25, -0.2) is 0 Å². The monoisotopic (exact) mass is 217 g/mol. The molecule has 2 atom stereocenters. The van der Waals surface area contributed by atoms with Gasteiger partial charge in [0.15, 0.2) is 0 Å². The zero-order valence-electron chi connectivity index (χ0n) is 9.78. The molecule has 1 aromatic carbocycles. The molecular formula is C14H19NO. The second-order valence-electron chi connectivity index (χ2n) is 5.08. The molecule has 3 rings (SSSR count). The molecule has 1 saturated carbocycles. The van der Waals surface area contributed by atoms with Gasteiger partial charge in [-0.3, -0.25) is 0 Å². The molecule has 2 aliphatic carbocycles. The van der Waals surface area contributed by atoms with Crippen LogP contribution >= 0.6 is 0 Å². The minimum atomic E-state index is 0.552. The average Bonchev–Trinajstić information content (AvgIpc) is 3.10. The molecule has 86 valence electrons. The standard InChI is InChI=1S/C14H19NO/c1-16-13-4-2-3-11-10(8-15)7-12(14(11)13)9-5-6-9/h2-4,9-10,12H,5-8,15H2,1H3. The Morgan fingerprint density at radius 1 is 1.38 bits per heavy atom. The van der Waals surface area contributed by atoms with Gasteiger partial charge in [0.1, 0.15) is 5.75 Å². The summed E-state index contributed by atoms with van der Waals surface area (Å²) in [6, 6.07) is 6.42. The highest BCUT2D eigenvalue weighted by Gasteiger charge is 2.41. The van der Waals surface area contributed by atoms with Crippen molar-refractivity contribution in [2.45, 2.75) is 31.1 Å². The van der Waals surface area contributed by atoms with Crippen LogP contribution < -0.4 is 10.5 Å². The summed E-state index contributed by atoms with van der Waals surface area (Å²) in [5.74, 6) is 3.23. The molecule has 2 aliphatic rings. The van der Waals surface area contributed by atoms with Crippen molar-refractivity contribution in [1.29, 1.82) is 0 Å². The third-order valence-corrected chi connectivity index (χ3v) is 4.14. The number of fused-ring (bicyclic) bond motifs is 1. The second kappa shape index (κ2) is 3.77. The molecule has 2 nitrogen and oxygen atoms in total. The predicted molar refractivity (Wildman–Crippen MR) is 64.9 cm³/mol. The Morgan fingerprint density at radius 2 is 2.19 bits per heavy atom. The molecule has 0 aliphatic heterocycles. The number of hydrogen-bond donors (Lipinski definition) is 1. The first-order valence-electron chi connectivity index (χ1n) is 6.22. The Balaban J connectivity index is 2.06. The van der Waals surface area contributed by atoms with E-state index in [9.17, 15) is 0 Å². The molecule has 2 heteroatoms. The van der Waals surface area contributed by atoms with Crippen LogP contribution in [-0.2, 0) is 0 Å². The minimum absolute atomic E-state index is 0.552. The van der Waals surface area contributed by atoms with Crippen LogP contribution in [0, 0.1) is 5.92 Å². The van der Waals surface area contributed by atoms with E-state index in [2.05, 4.69) is 18.2 Å². The van der Waals surface area contributed by atoms with Gasteiger partial charge in [0.25, 0.3) is 0 Å². The number of hydrogen-bond acceptors (Lipinski definition) is 2. The predicted octanol–water partition coefficient (Wildman–Crippen LogP) is 2.63. The van der Waals surface area contributed by atoms with E-state index >= 15 is 0 Å². The number of ether oxygens (including phenoxy) is 1. The lowest BCUT2D eigenvalue weighted by molar-refractivity contribution is 0.403. The van der Waals surface area contributed by atoms with Crippen LogP contribution in [0.4, 0.5) is 0 Å². The molecule has 0 heterocycles. The Hall–Kier alpha value is -1.02. The number of nitrogens with two attached hydrogens (primary N) is 1. The molecule has 0 aromatic heterocycles. The topological polar surface area (TPSA) is 35.2 Å². The van der Waals surface area contributed by atoms with Crippen molar-refractivity contribution in [3.63, 3.8) is 0 Å². The van der Waals surface area contributed by atoms with E-state index in [0.717, 1.165) is 18.2 Å². The fraction of sp³-hybridized carbons (Fsp3) is 0.571. The fourth-order valence-electron chi connectivity index (χ4n) is 3.19. The highest BCUT2D eigenvalue weighted by molar-refractivity contribution is 5.49. The molecule has 2 N–H and O–H groups in total. The van der Waals surface area contributed by atoms with Gasteiger partial charge in [-0.2, -0.15) is 0 Å². The lowest BCUT2D eigenvalue weighted by atomic mass is 9.95. The van der Waals surface area contributed by atoms with Gasteiger partial charge < -0.3 is 10.5 Å². The number of benzene rings is 1. The zero-order valence-corrected chi connectivity index (χ0v) is 9.78. The molecular weight excluding hydrogens is 198 g/mol. The Morgan fingerprint density at radius 3 is 2.81 bits per heavy atom. The Kier molecular flexibility index (Phi) is 2.40. The zero-order chi connectivity index (χ0) is 11.1. The summed E-state index contributed by atoms with van der Waals surface area (Å²) in [5.41, 5.74) is 8.79. The molecule has 0 spiro atoms. The van der Waals surface area contributed by atoms with E-state index in [1.54, 1.807) is 7.11 Å². The summed E-state index contributed by atoms with van der Waals surface area (Å²) < 4.78 is 5.52. The first-order valence-corrected chi connectivity index (χ1v) is 6.22. The van der Waals surface area contributed by atoms with Crippen LogP contribution in [-0.4, -0.2) is 13.7 Å². The van der Waals surface area contributed by atoms with Crippen LogP contribution in [0.2, 0.25) is 0 Å². The van der Waals surface area contributed by atoms with E-state index in [1.807, 2.05) is 0 Å². The van der Waals surface area contributed by atoms with Crippen LogP contribution in [0.3, 0.4) is 0 Å². The summed E-state index contributed by atoms with van der Waals surface area (Å²) in [6.45, 7) is 0.767. The lowest BCUT2D eigenvalue weighted by Crippen LogP contribution is -2.09. The molecule has 0 amide bonds. The number of rotatable bonds is 3. The van der Waals surface area contributed by atoms with Gasteiger partial charge >= 0.3 is 0 Å². The third kappa shape index (κ3) is 1.44. The van der Waals surface area contributed by atoms with Gasteiger partial charge in [0.2, 0.25) is 0 Å². The van der Waals surface area contributed by atoms with Gasteiger partial charge in [-0.05, 0) is 55.2 Å². The van der Waals surface area contributed by atoms with E-state index in [1.165, 1.54) is 30.4 Å². The first-order chi connectivity index (χ1) is 7.85. The SMILES string of the molecule is COc1cccc2c1C(C1CC1)CC2CN. The van der Waals surface area contributed by atoms with Crippen molar-refractivity contribution in [1.82, 2.24) is 0 Å². The molecule has 0 radical (unpaired) electrons. The van der Waals surface area contributed by atoms with Crippen molar-refractivity contribution in [3.8, 4) is 5.75 Å². The van der Waals surface area contributed by atoms with Crippen molar-refractivity contribution in [2.75, 3.05) is 13.7 Å². The lowest BCUT2D eigenvalue weighted by Gasteiger charge is -2.13. The quantitative estimate of drug-likeness (QED) is 0.844. The summed E-state index contributed by atoms with van der Waals surface area (Å²) >= 11 is 0. The summed E-state index contributed by atoms with van der Waals surface area (Å²) in [6.07, 6.45) is 4.01. The average molecular weight is 217 g/mol. The molecule has 1 fully saturated rings. The van der Waals surface area contributed by atoms with E-state index in [4.69, 9.17) is 10.5 Å². The van der Waals surface area contributed by atoms with Gasteiger partial charge in [-0.15, -0.1) is 0 Å². The van der Waals surface area contributed by atoms with Gasteiger partial charge in [0.05, 0.1) is 7.11 Å². The van der Waals surface area contributed by atoms with Crippen LogP contribution in [0.1, 0.15) is 42.2 Å². The summed E-state index contributed by atoms with van der Waals surface area (Å²) in [7, 11) is 1.77. The molecule has 0 bridgehead atoms. The third-order valence-electron chi connectivity index (χ3n) is 4.14. The largest absolute Gasteiger partial charge is 0.496 e. The van der Waals surface area contributed by atoms with Crippen LogP contribution in [0.5, 0.6) is 5.75 Å². The van der Waals surface area contributed by atoms with Crippen LogP contribution in [0.15, 0.2) is 18.2 Å². The first kappa shape index (κ1) is 10.2. The smallest absolute Gasteiger partial charge is 0.122 e. The van der Waals surface area contributed by atoms with E-state index < -0.39 is 0 Å². The molecule has 2 unspecified atom stereocenters. The van der Waals surface area contributed by atoms with Crippen LogP contribution in [0.25, 0.3) is 0 Å². The molecule has 16 heavy (non-hydrogen) atoms. The summed E-state index contributed by atoms with van der Waals surface area (Å²) in [4.78, 5) is 0. The van der Waals surface area contributed by atoms with Crippen molar-refractivity contribution < 1.29 is 4.74 Å². The second-order valence-corrected chi connectivity index (χ2v) is 5.08. The maximum atomic E-state index is 5.88. The van der Waals surface area contributed by atoms with E-state index in [0.29, 0.717) is 11.8 Å². The molecule has 0 saturated heterocycles. The minimum Gasteiger partial charge on any atom is -0.496 e. The Bertz CT molecular complexity index is 398. The van der Waals surface area contributed by atoms with Gasteiger partial charge in [0, 0.05) is 5.56 Å². The fourth-order valence-corrected chi connectivity index (χ4v) is 3.19. The maximum Gasteiger partial charge on any atom is 0.122 e. The number of methoxy groups -OCH3 is 1. The van der Waals surface area contributed by atoms with Crippen molar-refractivity contribution >= 4 is 0 Å². The maximum absolute atomic E-state index is 5.88. The van der Waals surface area contributed by atoms with Crippen molar-refractivity contribution in [3.05, 3.63) is 29.3 Å². The normalized spacial score (nSPS) is 27.9. The highest BCUT2D eigenvalue weighted by atomic mass is 16.5. The molecule has 1 aromatic rings. The van der Waals surface area contributed by atoms with Crippen molar-refractivity contribution in [2.24, 2.45) is 11.7 Å².